The summed E-state index contributed by atoms with van der Waals surface area (Å²) < 4.78 is 0. The fourth-order valence-corrected chi connectivity index (χ4v) is 3.66. The van der Waals surface area contributed by atoms with Crippen LogP contribution in [0.15, 0.2) is 78.6 Å². The van der Waals surface area contributed by atoms with Gasteiger partial charge in [-0.15, -0.1) is 0 Å². The molecule has 1 amide bonds. The van der Waals surface area contributed by atoms with Gasteiger partial charge >= 0.3 is 0 Å². The van der Waals surface area contributed by atoms with E-state index in [1.165, 1.54) is 4.90 Å². The number of benzene rings is 2. The summed E-state index contributed by atoms with van der Waals surface area (Å²) in [4.78, 5) is 31.8. The van der Waals surface area contributed by atoms with Gasteiger partial charge in [-0.3, -0.25) is 19.5 Å². The molecular weight excluding hydrogens is 364 g/mol. The van der Waals surface area contributed by atoms with E-state index in [1.807, 2.05) is 38.1 Å². The highest BCUT2D eigenvalue weighted by molar-refractivity contribution is 6.51. The van der Waals surface area contributed by atoms with Gasteiger partial charge in [0, 0.05) is 23.6 Å². The second kappa shape index (κ2) is 7.36. The second-order valence-corrected chi connectivity index (χ2v) is 7.11. The molecule has 4 rings (SSSR count). The number of pyridine rings is 1. The topological polar surface area (TPSA) is 70.5 Å². The molecule has 1 aromatic heterocycles. The van der Waals surface area contributed by atoms with Gasteiger partial charge in [-0.1, -0.05) is 48.5 Å². The highest BCUT2D eigenvalue weighted by Gasteiger charge is 2.47. The Morgan fingerprint density at radius 3 is 2.45 bits per heavy atom. The Kier molecular flexibility index (Phi) is 4.72. The molecule has 1 unspecified atom stereocenters. The number of hydrogen-bond donors (Lipinski definition) is 1. The van der Waals surface area contributed by atoms with Gasteiger partial charge in [-0.2, -0.15) is 0 Å². The zero-order chi connectivity index (χ0) is 20.5. The third kappa shape index (κ3) is 3.21. The molecule has 0 saturated carbocycles. The van der Waals surface area contributed by atoms with Crippen molar-refractivity contribution < 1.29 is 14.7 Å². The Labute approximate surface area is 169 Å². The molecule has 0 radical (unpaired) electrons. The van der Waals surface area contributed by atoms with E-state index in [4.69, 9.17) is 0 Å². The molecule has 2 heterocycles. The summed E-state index contributed by atoms with van der Waals surface area (Å²) in [6.07, 6.45) is 3.25. The van der Waals surface area contributed by atoms with Crippen LogP contribution < -0.4 is 4.90 Å². The summed E-state index contributed by atoms with van der Waals surface area (Å²) in [5.74, 6) is -1.56. The van der Waals surface area contributed by atoms with E-state index in [0.29, 0.717) is 16.8 Å². The summed E-state index contributed by atoms with van der Waals surface area (Å²) in [5, 5.41) is 11.0. The van der Waals surface area contributed by atoms with Crippen molar-refractivity contribution in [1.82, 2.24) is 4.98 Å². The van der Waals surface area contributed by atoms with Crippen molar-refractivity contribution in [2.45, 2.75) is 19.9 Å². The predicted octanol–water partition coefficient (Wildman–Crippen LogP) is 4.32. The SMILES string of the molecule is Cc1ccc(C)c(N2C(=O)C(=O)/C(=C(/O)c3ccccc3)C2c2cccnc2)c1. The molecular formula is C24H20N2O3. The molecule has 1 aliphatic rings. The maximum Gasteiger partial charge on any atom is 0.300 e. The Morgan fingerprint density at radius 1 is 1.00 bits per heavy atom. The number of Topliss-reactive ketones (excluding diaryl/α,β-unsaturated/α-hetero) is 1. The van der Waals surface area contributed by atoms with Gasteiger partial charge in [0.2, 0.25) is 0 Å². The van der Waals surface area contributed by atoms with Crippen molar-refractivity contribution in [3.63, 3.8) is 0 Å². The number of ketones is 1. The van der Waals surface area contributed by atoms with Crippen molar-refractivity contribution in [2.24, 2.45) is 0 Å². The number of aryl methyl sites for hydroxylation is 2. The van der Waals surface area contributed by atoms with Crippen molar-refractivity contribution >= 4 is 23.1 Å². The summed E-state index contributed by atoms with van der Waals surface area (Å²) in [7, 11) is 0. The van der Waals surface area contributed by atoms with E-state index in [-0.39, 0.29) is 11.3 Å². The lowest BCUT2D eigenvalue weighted by atomic mass is 9.96. The van der Waals surface area contributed by atoms with Crippen molar-refractivity contribution in [3.8, 4) is 0 Å². The first-order valence-electron chi connectivity index (χ1n) is 9.32. The van der Waals surface area contributed by atoms with Crippen molar-refractivity contribution in [1.29, 1.82) is 0 Å². The van der Waals surface area contributed by atoms with Crippen LogP contribution in [0, 0.1) is 13.8 Å². The van der Waals surface area contributed by atoms with E-state index in [2.05, 4.69) is 4.98 Å². The largest absolute Gasteiger partial charge is 0.507 e. The minimum atomic E-state index is -0.760. The third-order valence-corrected chi connectivity index (χ3v) is 5.12. The number of carbonyl (C=O) groups is 2. The Balaban J connectivity index is 1.98. The molecule has 1 fully saturated rings. The Bertz CT molecular complexity index is 1120. The quantitative estimate of drug-likeness (QED) is 0.415. The first-order chi connectivity index (χ1) is 14.0. The summed E-state index contributed by atoms with van der Waals surface area (Å²) in [6, 6.07) is 17.3. The highest BCUT2D eigenvalue weighted by atomic mass is 16.3. The minimum Gasteiger partial charge on any atom is -0.507 e. The standard InChI is InChI=1S/C24H20N2O3/c1-15-10-11-16(2)19(13-15)26-21(18-9-6-12-25-14-18)20(23(28)24(26)29)22(27)17-7-4-3-5-8-17/h3-14,21,27H,1-2H3/b22-20+. The molecule has 0 aliphatic carbocycles. The van der Waals surface area contributed by atoms with Crippen LogP contribution in [0.4, 0.5) is 5.69 Å². The number of amides is 1. The number of anilines is 1. The highest BCUT2D eigenvalue weighted by Crippen LogP contribution is 2.43. The molecule has 1 N–H and O–H groups in total. The maximum absolute atomic E-state index is 13.1. The lowest BCUT2D eigenvalue weighted by molar-refractivity contribution is -0.132. The van der Waals surface area contributed by atoms with Crippen molar-refractivity contribution in [3.05, 3.63) is 101 Å². The van der Waals surface area contributed by atoms with Crippen LogP contribution in [-0.4, -0.2) is 21.8 Å². The van der Waals surface area contributed by atoms with Gasteiger partial charge in [0.05, 0.1) is 11.6 Å². The first-order valence-corrected chi connectivity index (χ1v) is 9.32. The molecule has 1 atom stereocenters. The van der Waals surface area contributed by atoms with Crippen LogP contribution in [0.5, 0.6) is 0 Å². The number of nitrogens with zero attached hydrogens (tertiary/aromatic N) is 2. The molecule has 5 heteroatoms. The van der Waals surface area contributed by atoms with Gasteiger partial charge in [0.1, 0.15) is 5.76 Å². The molecule has 0 spiro atoms. The molecule has 0 bridgehead atoms. The number of aliphatic hydroxyl groups is 1. The van der Waals surface area contributed by atoms with E-state index < -0.39 is 17.7 Å². The molecule has 2 aromatic carbocycles. The van der Waals surface area contributed by atoms with Crippen LogP contribution in [0.3, 0.4) is 0 Å². The van der Waals surface area contributed by atoms with E-state index in [9.17, 15) is 14.7 Å². The second-order valence-electron chi connectivity index (χ2n) is 7.11. The number of hydrogen-bond acceptors (Lipinski definition) is 4. The number of carbonyl (C=O) groups excluding carboxylic acids is 2. The Hall–Kier alpha value is -3.73. The van der Waals surface area contributed by atoms with Crippen molar-refractivity contribution in [2.75, 3.05) is 4.90 Å². The van der Waals surface area contributed by atoms with Gasteiger partial charge in [0.25, 0.3) is 11.7 Å². The summed E-state index contributed by atoms with van der Waals surface area (Å²) >= 11 is 0. The summed E-state index contributed by atoms with van der Waals surface area (Å²) in [5.41, 5.74) is 3.69. The Morgan fingerprint density at radius 2 is 1.76 bits per heavy atom. The van der Waals surface area contributed by atoms with Gasteiger partial charge in [-0.25, -0.2) is 0 Å². The zero-order valence-corrected chi connectivity index (χ0v) is 16.2. The average molecular weight is 384 g/mol. The summed E-state index contributed by atoms with van der Waals surface area (Å²) in [6.45, 7) is 3.83. The smallest absolute Gasteiger partial charge is 0.300 e. The fraction of sp³-hybridized carbons (Fsp3) is 0.125. The lowest BCUT2D eigenvalue weighted by Crippen LogP contribution is -2.30. The van der Waals surface area contributed by atoms with Gasteiger partial charge in [-0.05, 0) is 42.7 Å². The molecule has 1 saturated heterocycles. The zero-order valence-electron chi connectivity index (χ0n) is 16.2. The van der Waals surface area contributed by atoms with Gasteiger partial charge < -0.3 is 5.11 Å². The molecule has 29 heavy (non-hydrogen) atoms. The molecule has 3 aromatic rings. The first kappa shape index (κ1) is 18.6. The number of aromatic nitrogens is 1. The molecule has 5 nitrogen and oxygen atoms in total. The van der Waals surface area contributed by atoms with Crippen LogP contribution >= 0.6 is 0 Å². The number of rotatable bonds is 3. The third-order valence-electron chi connectivity index (χ3n) is 5.12. The van der Waals surface area contributed by atoms with E-state index in [1.54, 1.807) is 48.8 Å². The molecule has 144 valence electrons. The van der Waals surface area contributed by atoms with E-state index >= 15 is 0 Å². The maximum atomic E-state index is 13.1. The normalized spacial score (nSPS) is 18.3. The van der Waals surface area contributed by atoms with Crippen LogP contribution in [0.2, 0.25) is 0 Å². The predicted molar refractivity (Wildman–Crippen MR) is 111 cm³/mol. The number of aliphatic hydroxyl groups excluding tert-OH is 1. The fourth-order valence-electron chi connectivity index (χ4n) is 3.66. The minimum absolute atomic E-state index is 0.0649. The molecule has 1 aliphatic heterocycles. The lowest BCUT2D eigenvalue weighted by Gasteiger charge is -2.26. The van der Waals surface area contributed by atoms with Crippen LogP contribution in [-0.2, 0) is 9.59 Å². The van der Waals surface area contributed by atoms with Crippen LogP contribution in [0.25, 0.3) is 5.76 Å². The van der Waals surface area contributed by atoms with E-state index in [0.717, 1.165) is 11.1 Å². The monoisotopic (exact) mass is 384 g/mol. The van der Waals surface area contributed by atoms with Gasteiger partial charge in [0.15, 0.2) is 0 Å². The van der Waals surface area contributed by atoms with Crippen LogP contribution in [0.1, 0.15) is 28.3 Å². The average Bonchev–Trinajstić information content (AvgIpc) is 3.01.